The van der Waals surface area contributed by atoms with Gasteiger partial charge >= 0.3 is 0 Å². The molecule has 8 heteroatoms. The van der Waals surface area contributed by atoms with Gasteiger partial charge in [-0.1, -0.05) is 29.8 Å². The first-order chi connectivity index (χ1) is 14.5. The minimum atomic E-state index is 0.514. The summed E-state index contributed by atoms with van der Waals surface area (Å²) in [7, 11) is 4.74. The third-order valence-corrected chi connectivity index (χ3v) is 4.69. The summed E-state index contributed by atoms with van der Waals surface area (Å²) in [6.07, 6.45) is 0. The molecule has 2 aromatic carbocycles. The number of hydrogen-bond acceptors (Lipinski definition) is 7. The number of nitrogens with zero attached hydrogens (tertiary/aromatic N) is 4. The molecule has 0 fully saturated rings. The van der Waals surface area contributed by atoms with Crippen LogP contribution >= 0.6 is 0 Å². The second-order valence-corrected chi connectivity index (χ2v) is 6.84. The van der Waals surface area contributed by atoms with Gasteiger partial charge in [-0.15, -0.1) is 5.10 Å². The summed E-state index contributed by atoms with van der Waals surface area (Å²) >= 11 is 0. The second kappa shape index (κ2) is 7.90. The van der Waals surface area contributed by atoms with Crippen LogP contribution in [-0.4, -0.2) is 40.9 Å². The largest absolute Gasteiger partial charge is 0.493 e. The number of methoxy groups -OCH3 is 3. The minimum Gasteiger partial charge on any atom is -0.493 e. The van der Waals surface area contributed by atoms with Gasteiger partial charge in [0.15, 0.2) is 17.3 Å². The van der Waals surface area contributed by atoms with Crippen LogP contribution in [0.3, 0.4) is 0 Å². The van der Waals surface area contributed by atoms with E-state index in [-0.39, 0.29) is 0 Å². The fourth-order valence-electron chi connectivity index (χ4n) is 3.20. The molecule has 0 amide bonds. The topological polar surface area (TPSA) is 82.8 Å². The van der Waals surface area contributed by atoms with Crippen LogP contribution in [-0.2, 0) is 0 Å². The average Bonchev–Trinajstić information content (AvgIpc) is 3.17. The molecule has 0 aliphatic heterocycles. The maximum atomic E-state index is 5.45. The average molecular weight is 405 g/mol. The Labute approximate surface area is 174 Å². The Bertz CT molecular complexity index is 1180. The fourth-order valence-corrected chi connectivity index (χ4v) is 3.20. The van der Waals surface area contributed by atoms with Crippen molar-refractivity contribution in [2.75, 3.05) is 26.6 Å². The van der Waals surface area contributed by atoms with Crippen molar-refractivity contribution in [1.29, 1.82) is 0 Å². The first-order valence-corrected chi connectivity index (χ1v) is 9.41. The van der Waals surface area contributed by atoms with Crippen LogP contribution in [0.25, 0.3) is 17.2 Å². The van der Waals surface area contributed by atoms with Crippen molar-refractivity contribution in [1.82, 2.24) is 19.6 Å². The lowest BCUT2D eigenvalue weighted by Crippen LogP contribution is -2.04. The van der Waals surface area contributed by atoms with Crippen LogP contribution in [0.2, 0.25) is 0 Å². The van der Waals surface area contributed by atoms with Gasteiger partial charge in [0.25, 0.3) is 5.78 Å². The molecule has 0 bridgehead atoms. The summed E-state index contributed by atoms with van der Waals surface area (Å²) in [6.45, 7) is 3.96. The van der Waals surface area contributed by atoms with Gasteiger partial charge < -0.3 is 19.5 Å². The van der Waals surface area contributed by atoms with Crippen LogP contribution in [0.1, 0.15) is 11.3 Å². The maximum absolute atomic E-state index is 5.45. The van der Waals surface area contributed by atoms with E-state index in [0.29, 0.717) is 28.9 Å². The van der Waals surface area contributed by atoms with Crippen LogP contribution < -0.4 is 19.5 Å². The Morgan fingerprint density at radius 3 is 2.10 bits per heavy atom. The van der Waals surface area contributed by atoms with Crippen LogP contribution in [0.15, 0.2) is 42.5 Å². The molecule has 0 saturated heterocycles. The molecule has 0 radical (unpaired) electrons. The van der Waals surface area contributed by atoms with Crippen LogP contribution in [0.4, 0.5) is 11.5 Å². The van der Waals surface area contributed by atoms with E-state index in [0.717, 1.165) is 22.8 Å². The minimum absolute atomic E-state index is 0.514. The number of benzene rings is 2. The van der Waals surface area contributed by atoms with Crippen molar-refractivity contribution in [2.24, 2.45) is 0 Å². The zero-order valence-electron chi connectivity index (χ0n) is 17.6. The summed E-state index contributed by atoms with van der Waals surface area (Å²) in [5.74, 6) is 3.49. The highest BCUT2D eigenvalue weighted by molar-refractivity contribution is 5.68. The van der Waals surface area contributed by atoms with Gasteiger partial charge in [0.2, 0.25) is 5.75 Å². The Morgan fingerprint density at radius 2 is 1.50 bits per heavy atom. The molecule has 0 atom stereocenters. The molecule has 0 spiro atoms. The van der Waals surface area contributed by atoms with Crippen molar-refractivity contribution in [3.8, 4) is 28.6 Å². The number of ether oxygens (including phenoxy) is 3. The van der Waals surface area contributed by atoms with Crippen molar-refractivity contribution in [2.45, 2.75) is 13.8 Å². The third-order valence-electron chi connectivity index (χ3n) is 4.69. The van der Waals surface area contributed by atoms with E-state index in [2.05, 4.69) is 20.4 Å². The highest BCUT2D eigenvalue weighted by Gasteiger charge is 2.16. The highest BCUT2D eigenvalue weighted by Crippen LogP contribution is 2.40. The molecule has 0 unspecified atom stereocenters. The number of hydrogen-bond donors (Lipinski definition) is 1. The number of nitrogens with one attached hydrogen (secondary N) is 1. The Balaban J connectivity index is 1.78. The monoisotopic (exact) mass is 405 g/mol. The molecule has 4 rings (SSSR count). The number of rotatable bonds is 6. The van der Waals surface area contributed by atoms with Crippen molar-refractivity contribution >= 4 is 17.3 Å². The van der Waals surface area contributed by atoms with E-state index in [4.69, 9.17) is 14.2 Å². The lowest BCUT2D eigenvalue weighted by Gasteiger charge is -2.15. The summed E-state index contributed by atoms with van der Waals surface area (Å²) in [5, 5.41) is 8.03. The molecule has 2 aromatic heterocycles. The predicted molar refractivity (Wildman–Crippen MR) is 115 cm³/mol. The van der Waals surface area contributed by atoms with E-state index in [9.17, 15) is 0 Å². The van der Waals surface area contributed by atoms with Crippen LogP contribution in [0, 0.1) is 13.8 Å². The fraction of sp³-hybridized carbons (Fsp3) is 0.227. The first kappa shape index (κ1) is 19.5. The summed E-state index contributed by atoms with van der Waals surface area (Å²) < 4.78 is 18.0. The zero-order valence-corrected chi connectivity index (χ0v) is 17.6. The van der Waals surface area contributed by atoms with E-state index in [1.54, 1.807) is 25.8 Å². The zero-order chi connectivity index (χ0) is 21.3. The smallest absolute Gasteiger partial charge is 0.254 e. The molecule has 0 aliphatic carbocycles. The third kappa shape index (κ3) is 3.59. The summed E-state index contributed by atoms with van der Waals surface area (Å²) in [4.78, 5) is 9.12. The first-order valence-electron chi connectivity index (χ1n) is 9.41. The molecule has 8 nitrogen and oxygen atoms in total. The van der Waals surface area contributed by atoms with E-state index in [1.165, 1.54) is 5.56 Å². The summed E-state index contributed by atoms with van der Waals surface area (Å²) in [6, 6.07) is 13.7. The standard InChI is InChI=1S/C22H23N5O3/c1-13-6-8-15(9-7-13)21-25-22-23-14(2)10-19(27(22)26-21)24-16-11-17(28-3)20(30-5)18(12-16)29-4/h6-12,24H,1-5H3. The number of fused-ring (bicyclic) bond motifs is 1. The van der Waals surface area contributed by atoms with Gasteiger partial charge in [-0.3, -0.25) is 0 Å². The quantitative estimate of drug-likeness (QED) is 0.515. The van der Waals surface area contributed by atoms with Gasteiger partial charge in [0.05, 0.1) is 21.3 Å². The number of anilines is 2. The van der Waals surface area contributed by atoms with Crippen LogP contribution in [0.5, 0.6) is 17.2 Å². The Hall–Kier alpha value is -3.81. The molecule has 1 N–H and O–H groups in total. The molecule has 154 valence electrons. The number of aryl methyl sites for hydroxylation is 2. The predicted octanol–water partition coefficient (Wildman–Crippen LogP) is 4.18. The molecule has 0 aliphatic rings. The lowest BCUT2D eigenvalue weighted by atomic mass is 10.1. The molecule has 0 saturated carbocycles. The van der Waals surface area contributed by atoms with Crippen molar-refractivity contribution in [3.63, 3.8) is 0 Å². The maximum Gasteiger partial charge on any atom is 0.254 e. The second-order valence-electron chi connectivity index (χ2n) is 6.84. The Kier molecular flexibility index (Phi) is 5.14. The normalized spacial score (nSPS) is 10.8. The van der Waals surface area contributed by atoms with Gasteiger partial charge in [-0.25, -0.2) is 4.98 Å². The van der Waals surface area contributed by atoms with E-state index in [1.807, 2.05) is 56.3 Å². The van der Waals surface area contributed by atoms with Crippen molar-refractivity contribution in [3.05, 3.63) is 53.7 Å². The van der Waals surface area contributed by atoms with Gasteiger partial charge in [-0.05, 0) is 13.8 Å². The van der Waals surface area contributed by atoms with E-state index < -0.39 is 0 Å². The molecule has 30 heavy (non-hydrogen) atoms. The Morgan fingerprint density at radius 1 is 0.833 bits per heavy atom. The molecular weight excluding hydrogens is 382 g/mol. The lowest BCUT2D eigenvalue weighted by molar-refractivity contribution is 0.324. The SMILES string of the molecule is COc1cc(Nc2cc(C)nc3nc(-c4ccc(C)cc4)nn23)cc(OC)c1OC. The highest BCUT2D eigenvalue weighted by atomic mass is 16.5. The van der Waals surface area contributed by atoms with Gasteiger partial charge in [-0.2, -0.15) is 9.50 Å². The van der Waals surface area contributed by atoms with Gasteiger partial charge in [0.1, 0.15) is 5.82 Å². The molecule has 4 aromatic rings. The van der Waals surface area contributed by atoms with Crippen molar-refractivity contribution < 1.29 is 14.2 Å². The summed E-state index contributed by atoms with van der Waals surface area (Å²) in [5.41, 5.74) is 3.69. The van der Waals surface area contributed by atoms with E-state index >= 15 is 0 Å². The molecule has 2 heterocycles. The molecular formula is C22H23N5O3. The van der Waals surface area contributed by atoms with Gasteiger partial charge in [0, 0.05) is 35.1 Å². The number of aromatic nitrogens is 4.